The quantitative estimate of drug-likeness (QED) is 0.0263. The first-order chi connectivity index (χ1) is 26.6. The van der Waals surface area contributed by atoms with E-state index in [4.69, 9.17) is 18.9 Å². The fraction of sp³-hybridized carbons (Fsp3) is 0.745. The molecule has 0 aliphatic carbocycles. The minimum Gasteiger partial charge on any atom is -0.465 e. The fourth-order valence-corrected chi connectivity index (χ4v) is 5.55. The number of ether oxygens (including phenoxy) is 4. The molecule has 0 saturated heterocycles. The molecule has 0 unspecified atom stereocenters. The minimum atomic E-state index is -0.360. The molecule has 0 heterocycles. The summed E-state index contributed by atoms with van der Waals surface area (Å²) in [6.45, 7) is 19.6. The molecule has 0 amide bonds. The SMILES string of the molecule is C=CCCCCCCCC(=O)OCC(C)(C)COC(=O)CCCCCCCC=C.C=CCCCCCCCC(=O)OCCOC(=O)CCCCCCCC=C. The van der Waals surface area contributed by atoms with Gasteiger partial charge in [-0.2, -0.15) is 0 Å². The molecule has 8 nitrogen and oxygen atoms in total. The standard InChI is InChI=1S/C25H44O4.C22H38O4/c1-5-7-9-11-13-15-17-19-23(26)28-21-25(3,4)22-29-24(27)20-18-16-14-12-10-8-6-2;1-3-5-7-9-11-13-15-17-21(23)25-19-20-26-22(24)18-16-14-12-10-8-6-4-2/h5-6H,1-2,7-22H2,3-4H3;3-4H,1-2,5-20H2. The fourth-order valence-electron chi connectivity index (χ4n) is 5.55. The third kappa shape index (κ3) is 45.1. The van der Waals surface area contributed by atoms with E-state index >= 15 is 0 Å². The van der Waals surface area contributed by atoms with Gasteiger partial charge in [-0.05, 0) is 77.0 Å². The maximum absolute atomic E-state index is 11.9. The van der Waals surface area contributed by atoms with E-state index in [0.717, 1.165) is 103 Å². The lowest BCUT2D eigenvalue weighted by Crippen LogP contribution is -2.28. The molecular formula is C47H82O8. The van der Waals surface area contributed by atoms with Gasteiger partial charge in [0, 0.05) is 31.1 Å². The van der Waals surface area contributed by atoms with E-state index in [1.807, 2.05) is 38.2 Å². The van der Waals surface area contributed by atoms with Crippen LogP contribution >= 0.6 is 0 Å². The van der Waals surface area contributed by atoms with Gasteiger partial charge in [0.1, 0.15) is 13.2 Å². The number of allylic oxidation sites excluding steroid dienone is 4. The molecule has 318 valence electrons. The van der Waals surface area contributed by atoms with Crippen LogP contribution in [0.2, 0.25) is 0 Å². The van der Waals surface area contributed by atoms with Crippen molar-refractivity contribution in [3.05, 3.63) is 50.6 Å². The van der Waals surface area contributed by atoms with Crippen LogP contribution in [0.1, 0.15) is 194 Å². The van der Waals surface area contributed by atoms with Crippen molar-refractivity contribution in [3.63, 3.8) is 0 Å². The van der Waals surface area contributed by atoms with Crippen molar-refractivity contribution in [2.24, 2.45) is 5.41 Å². The number of carbonyl (C=O) groups excluding carboxylic acids is 4. The first-order valence-corrected chi connectivity index (χ1v) is 21.7. The van der Waals surface area contributed by atoms with Crippen molar-refractivity contribution in [2.75, 3.05) is 26.4 Å². The summed E-state index contributed by atoms with van der Waals surface area (Å²) in [6, 6.07) is 0. The number of unbranched alkanes of at least 4 members (excludes halogenated alkanes) is 20. The molecule has 0 aromatic rings. The molecule has 0 aromatic heterocycles. The Labute approximate surface area is 337 Å². The molecule has 0 radical (unpaired) electrons. The van der Waals surface area contributed by atoms with E-state index in [-0.39, 0.29) is 55.7 Å². The van der Waals surface area contributed by atoms with Crippen LogP contribution in [0.15, 0.2) is 50.6 Å². The van der Waals surface area contributed by atoms with Gasteiger partial charge in [0.25, 0.3) is 0 Å². The Kier molecular flexibility index (Phi) is 41.2. The van der Waals surface area contributed by atoms with Gasteiger partial charge >= 0.3 is 23.9 Å². The maximum Gasteiger partial charge on any atom is 0.305 e. The second-order valence-electron chi connectivity index (χ2n) is 15.3. The van der Waals surface area contributed by atoms with E-state index in [9.17, 15) is 19.2 Å². The highest BCUT2D eigenvalue weighted by molar-refractivity contribution is 5.70. The van der Waals surface area contributed by atoms with E-state index in [1.165, 1.54) is 51.4 Å². The summed E-state index contributed by atoms with van der Waals surface area (Å²) in [5, 5.41) is 0. The van der Waals surface area contributed by atoms with Gasteiger partial charge in [0.05, 0.1) is 13.2 Å². The van der Waals surface area contributed by atoms with E-state index in [1.54, 1.807) is 0 Å². The van der Waals surface area contributed by atoms with E-state index in [0.29, 0.717) is 25.7 Å². The monoisotopic (exact) mass is 775 g/mol. The van der Waals surface area contributed by atoms with Crippen LogP contribution in [0.4, 0.5) is 0 Å². The van der Waals surface area contributed by atoms with Crippen molar-refractivity contribution in [1.29, 1.82) is 0 Å². The number of esters is 4. The largest absolute Gasteiger partial charge is 0.465 e. The second-order valence-corrected chi connectivity index (χ2v) is 15.3. The summed E-state index contributed by atoms with van der Waals surface area (Å²) in [7, 11) is 0. The molecule has 55 heavy (non-hydrogen) atoms. The molecular weight excluding hydrogens is 693 g/mol. The van der Waals surface area contributed by atoms with Crippen molar-refractivity contribution in [1.82, 2.24) is 0 Å². The molecule has 0 saturated carbocycles. The van der Waals surface area contributed by atoms with Crippen LogP contribution in [-0.4, -0.2) is 50.3 Å². The highest BCUT2D eigenvalue weighted by Crippen LogP contribution is 2.18. The van der Waals surface area contributed by atoms with Crippen LogP contribution in [0.3, 0.4) is 0 Å². The number of rotatable bonds is 39. The Morgan fingerprint density at radius 1 is 0.364 bits per heavy atom. The Bertz CT molecular complexity index is 909. The second kappa shape index (κ2) is 42.0. The third-order valence-corrected chi connectivity index (χ3v) is 9.01. The highest BCUT2D eigenvalue weighted by atomic mass is 16.6. The molecule has 0 aromatic carbocycles. The van der Waals surface area contributed by atoms with Crippen LogP contribution < -0.4 is 0 Å². The summed E-state index contributed by atoms with van der Waals surface area (Å²) < 4.78 is 20.9. The van der Waals surface area contributed by atoms with Gasteiger partial charge in [0.15, 0.2) is 0 Å². The minimum absolute atomic E-state index is 0.158. The summed E-state index contributed by atoms with van der Waals surface area (Å²) in [4.78, 5) is 46.9. The van der Waals surface area contributed by atoms with Gasteiger partial charge in [-0.15, -0.1) is 26.3 Å². The Morgan fingerprint density at radius 2 is 0.582 bits per heavy atom. The lowest BCUT2D eigenvalue weighted by atomic mass is 9.96. The first kappa shape index (κ1) is 53.9. The molecule has 0 N–H and O–H groups in total. The van der Waals surface area contributed by atoms with Crippen molar-refractivity contribution in [3.8, 4) is 0 Å². The predicted octanol–water partition coefficient (Wildman–Crippen LogP) is 12.8. The molecule has 0 aliphatic heterocycles. The molecule has 8 heteroatoms. The van der Waals surface area contributed by atoms with Gasteiger partial charge in [0.2, 0.25) is 0 Å². The summed E-state index contributed by atoms with van der Waals surface area (Å²) in [5.41, 5.74) is -0.360. The van der Waals surface area contributed by atoms with Crippen molar-refractivity contribution in [2.45, 2.75) is 194 Å². The van der Waals surface area contributed by atoms with Gasteiger partial charge in [-0.3, -0.25) is 19.2 Å². The molecule has 0 aliphatic rings. The van der Waals surface area contributed by atoms with Crippen LogP contribution in [0, 0.1) is 5.41 Å². The van der Waals surface area contributed by atoms with Gasteiger partial charge in [-0.25, -0.2) is 0 Å². The zero-order valence-electron chi connectivity index (χ0n) is 35.5. The summed E-state index contributed by atoms with van der Waals surface area (Å²) in [5.74, 6) is -0.725. The Morgan fingerprint density at radius 3 is 0.836 bits per heavy atom. The number of hydrogen-bond acceptors (Lipinski definition) is 8. The highest BCUT2D eigenvalue weighted by Gasteiger charge is 2.22. The van der Waals surface area contributed by atoms with Crippen LogP contribution in [0.5, 0.6) is 0 Å². The predicted molar refractivity (Wildman–Crippen MR) is 228 cm³/mol. The summed E-state index contributed by atoms with van der Waals surface area (Å²) >= 11 is 0. The molecule has 0 rings (SSSR count). The molecule has 0 bridgehead atoms. The zero-order chi connectivity index (χ0) is 41.1. The molecule has 0 fully saturated rings. The van der Waals surface area contributed by atoms with Crippen molar-refractivity contribution < 1.29 is 38.1 Å². The number of hydrogen-bond donors (Lipinski definition) is 0. The summed E-state index contributed by atoms with van der Waals surface area (Å²) in [6.07, 6.45) is 35.6. The molecule has 0 spiro atoms. The average Bonchev–Trinajstić information content (AvgIpc) is 3.17. The Hall–Kier alpha value is -3.16. The average molecular weight is 775 g/mol. The lowest BCUT2D eigenvalue weighted by molar-refractivity contribution is -0.153. The first-order valence-electron chi connectivity index (χ1n) is 21.7. The topological polar surface area (TPSA) is 105 Å². The van der Waals surface area contributed by atoms with E-state index in [2.05, 4.69) is 26.3 Å². The van der Waals surface area contributed by atoms with Gasteiger partial charge < -0.3 is 18.9 Å². The zero-order valence-corrected chi connectivity index (χ0v) is 35.5. The molecule has 0 atom stereocenters. The Balaban J connectivity index is 0. The normalized spacial score (nSPS) is 10.7. The maximum atomic E-state index is 11.9. The lowest BCUT2D eigenvalue weighted by Gasteiger charge is -2.23. The van der Waals surface area contributed by atoms with Crippen LogP contribution in [-0.2, 0) is 38.1 Å². The van der Waals surface area contributed by atoms with E-state index < -0.39 is 0 Å². The number of carbonyl (C=O) groups is 4. The van der Waals surface area contributed by atoms with Gasteiger partial charge in [-0.1, -0.05) is 115 Å². The third-order valence-electron chi connectivity index (χ3n) is 9.01. The van der Waals surface area contributed by atoms with Crippen LogP contribution in [0.25, 0.3) is 0 Å². The van der Waals surface area contributed by atoms with Crippen molar-refractivity contribution >= 4 is 23.9 Å². The smallest absolute Gasteiger partial charge is 0.305 e.